The monoisotopic (exact) mass is 409 g/mol. The standard InChI is InChI=1S/C23H27N3O2S/c1-24-21-9-8-20(28-2)16-19(21)17-22(24)23(27)29-26-14-12-25(13-15-26)11-10-18-6-4-3-5-7-18/h3-9,16-17H,10-15H2,1-2H3. The highest BCUT2D eigenvalue weighted by atomic mass is 32.2. The van der Waals surface area contributed by atoms with Crippen molar-refractivity contribution in [3.63, 3.8) is 0 Å². The lowest BCUT2D eigenvalue weighted by molar-refractivity contribution is 0.107. The molecule has 5 nitrogen and oxygen atoms in total. The molecule has 0 bridgehead atoms. The fourth-order valence-corrected chi connectivity index (χ4v) is 4.66. The Labute approximate surface area is 176 Å². The van der Waals surface area contributed by atoms with Gasteiger partial charge in [-0.25, -0.2) is 4.31 Å². The third kappa shape index (κ3) is 4.66. The molecule has 0 N–H and O–H groups in total. The summed E-state index contributed by atoms with van der Waals surface area (Å²) in [7, 11) is 3.61. The lowest BCUT2D eigenvalue weighted by Crippen LogP contribution is -2.44. The Morgan fingerprint density at radius 1 is 1.03 bits per heavy atom. The normalized spacial score (nSPS) is 15.7. The Morgan fingerprint density at radius 2 is 1.79 bits per heavy atom. The maximum atomic E-state index is 12.9. The molecule has 0 aliphatic carbocycles. The summed E-state index contributed by atoms with van der Waals surface area (Å²) >= 11 is 1.35. The molecule has 0 atom stereocenters. The van der Waals surface area contributed by atoms with Crippen molar-refractivity contribution in [3.8, 4) is 5.75 Å². The van der Waals surface area contributed by atoms with Crippen LogP contribution in [0.5, 0.6) is 5.75 Å². The number of hydrogen-bond donors (Lipinski definition) is 0. The van der Waals surface area contributed by atoms with Gasteiger partial charge in [0.05, 0.1) is 12.8 Å². The molecule has 3 aromatic rings. The van der Waals surface area contributed by atoms with Crippen LogP contribution in [0.1, 0.15) is 16.1 Å². The Hall–Kier alpha value is -2.28. The average Bonchev–Trinajstić information content (AvgIpc) is 3.10. The Balaban J connectivity index is 1.32. The van der Waals surface area contributed by atoms with Gasteiger partial charge in [-0.2, -0.15) is 0 Å². The summed E-state index contributed by atoms with van der Waals surface area (Å²) in [6.07, 6.45) is 1.08. The Kier molecular flexibility index (Phi) is 6.23. The van der Waals surface area contributed by atoms with E-state index in [1.807, 2.05) is 35.9 Å². The van der Waals surface area contributed by atoms with Crippen LogP contribution in [0.15, 0.2) is 54.6 Å². The van der Waals surface area contributed by atoms with Gasteiger partial charge in [0.2, 0.25) is 0 Å². The molecule has 6 heteroatoms. The summed E-state index contributed by atoms with van der Waals surface area (Å²) in [6.45, 7) is 4.88. The maximum Gasteiger partial charge on any atom is 0.250 e. The van der Waals surface area contributed by atoms with Gasteiger partial charge in [0.15, 0.2) is 0 Å². The van der Waals surface area contributed by atoms with E-state index in [-0.39, 0.29) is 5.12 Å². The molecule has 0 radical (unpaired) electrons. The van der Waals surface area contributed by atoms with Gasteiger partial charge in [-0.15, -0.1) is 0 Å². The summed E-state index contributed by atoms with van der Waals surface area (Å²) in [5, 5.41) is 1.13. The van der Waals surface area contributed by atoms with Crippen molar-refractivity contribution in [2.45, 2.75) is 6.42 Å². The first-order chi connectivity index (χ1) is 14.1. The molecule has 0 spiro atoms. The number of nitrogens with zero attached hydrogens (tertiary/aromatic N) is 3. The first-order valence-electron chi connectivity index (χ1n) is 10.0. The van der Waals surface area contributed by atoms with Gasteiger partial charge in [-0.05, 0) is 36.2 Å². The van der Waals surface area contributed by atoms with Crippen molar-refractivity contribution < 1.29 is 9.53 Å². The number of carbonyl (C=O) groups excluding carboxylic acids is 1. The van der Waals surface area contributed by atoms with E-state index in [0.29, 0.717) is 0 Å². The van der Waals surface area contributed by atoms with Crippen LogP contribution in [-0.4, -0.2) is 58.7 Å². The number of fused-ring (bicyclic) bond motifs is 1. The molecular weight excluding hydrogens is 382 g/mol. The van der Waals surface area contributed by atoms with Crippen LogP contribution in [0.25, 0.3) is 10.9 Å². The molecule has 152 valence electrons. The number of carbonyl (C=O) groups is 1. The molecule has 2 heterocycles. The van der Waals surface area contributed by atoms with Crippen LogP contribution in [-0.2, 0) is 13.5 Å². The second kappa shape index (κ2) is 9.03. The zero-order chi connectivity index (χ0) is 20.2. The third-order valence-corrected chi connectivity index (χ3v) is 6.56. The van der Waals surface area contributed by atoms with Crippen molar-refractivity contribution in [1.82, 2.24) is 13.8 Å². The van der Waals surface area contributed by atoms with Crippen molar-refractivity contribution in [2.75, 3.05) is 39.8 Å². The number of methoxy groups -OCH3 is 1. The van der Waals surface area contributed by atoms with Crippen molar-refractivity contribution in [1.29, 1.82) is 0 Å². The van der Waals surface area contributed by atoms with Crippen molar-refractivity contribution in [3.05, 3.63) is 65.9 Å². The second-order valence-corrected chi connectivity index (χ2v) is 8.47. The SMILES string of the molecule is COc1ccc2c(c1)cc(C(=O)SN1CCN(CCc3ccccc3)CC1)n2C. The highest BCUT2D eigenvalue weighted by molar-refractivity contribution is 8.12. The van der Waals surface area contributed by atoms with E-state index in [9.17, 15) is 4.79 Å². The van der Waals surface area contributed by atoms with E-state index in [1.54, 1.807) is 7.11 Å². The highest BCUT2D eigenvalue weighted by Gasteiger charge is 2.22. The van der Waals surface area contributed by atoms with Gasteiger partial charge in [0, 0.05) is 62.6 Å². The zero-order valence-electron chi connectivity index (χ0n) is 17.0. The summed E-state index contributed by atoms with van der Waals surface area (Å²) in [5.41, 5.74) is 3.15. The zero-order valence-corrected chi connectivity index (χ0v) is 17.8. The molecule has 1 fully saturated rings. The molecule has 2 aromatic carbocycles. The van der Waals surface area contributed by atoms with E-state index in [1.165, 1.54) is 17.5 Å². The summed E-state index contributed by atoms with van der Waals surface area (Å²) in [6, 6.07) is 18.5. The van der Waals surface area contributed by atoms with E-state index in [0.717, 1.165) is 61.5 Å². The van der Waals surface area contributed by atoms with E-state index >= 15 is 0 Å². The molecular formula is C23H27N3O2S. The largest absolute Gasteiger partial charge is 0.497 e. The maximum absolute atomic E-state index is 12.9. The smallest absolute Gasteiger partial charge is 0.250 e. The number of ether oxygens (including phenoxy) is 1. The third-order valence-electron chi connectivity index (χ3n) is 5.56. The molecule has 0 unspecified atom stereocenters. The lowest BCUT2D eigenvalue weighted by atomic mass is 10.1. The summed E-state index contributed by atoms with van der Waals surface area (Å²) < 4.78 is 9.47. The van der Waals surface area contributed by atoms with Gasteiger partial charge < -0.3 is 14.2 Å². The molecule has 29 heavy (non-hydrogen) atoms. The Bertz CT molecular complexity index is 978. The predicted octanol–water partition coefficient (Wildman–Crippen LogP) is 3.84. The molecule has 1 aliphatic heterocycles. The predicted molar refractivity (Wildman–Crippen MR) is 120 cm³/mol. The second-order valence-electron chi connectivity index (χ2n) is 7.40. The van der Waals surface area contributed by atoms with E-state index in [4.69, 9.17) is 4.74 Å². The molecule has 0 amide bonds. The van der Waals surface area contributed by atoms with Crippen LogP contribution in [0.3, 0.4) is 0 Å². The van der Waals surface area contributed by atoms with E-state index < -0.39 is 0 Å². The topological polar surface area (TPSA) is 37.7 Å². The fourth-order valence-electron chi connectivity index (χ4n) is 3.79. The Morgan fingerprint density at radius 3 is 2.52 bits per heavy atom. The van der Waals surface area contributed by atoms with Gasteiger partial charge in [-0.1, -0.05) is 30.3 Å². The summed E-state index contributed by atoms with van der Waals surface area (Å²) in [5.74, 6) is 0.807. The number of rotatable bonds is 6. The van der Waals surface area contributed by atoms with Gasteiger partial charge in [0.25, 0.3) is 5.12 Å². The molecule has 1 aliphatic rings. The van der Waals surface area contributed by atoms with Gasteiger partial charge in [-0.3, -0.25) is 4.79 Å². The fraction of sp³-hybridized carbons (Fsp3) is 0.348. The minimum atomic E-state index is 0.0976. The first kappa shape index (κ1) is 20.0. The number of aromatic nitrogens is 1. The van der Waals surface area contributed by atoms with Crippen LogP contribution in [0.4, 0.5) is 0 Å². The number of hydrogen-bond acceptors (Lipinski definition) is 5. The number of benzene rings is 2. The minimum Gasteiger partial charge on any atom is -0.497 e. The van der Waals surface area contributed by atoms with Crippen molar-refractivity contribution >= 4 is 28.0 Å². The molecule has 0 saturated carbocycles. The van der Waals surface area contributed by atoms with Gasteiger partial charge >= 0.3 is 0 Å². The van der Waals surface area contributed by atoms with Gasteiger partial charge in [0.1, 0.15) is 5.75 Å². The van der Waals surface area contributed by atoms with Crippen LogP contribution < -0.4 is 4.74 Å². The quantitative estimate of drug-likeness (QED) is 0.579. The molecule has 1 saturated heterocycles. The molecule has 1 aromatic heterocycles. The average molecular weight is 410 g/mol. The van der Waals surface area contributed by atoms with E-state index in [2.05, 4.69) is 39.5 Å². The minimum absolute atomic E-state index is 0.0976. The highest BCUT2D eigenvalue weighted by Crippen LogP contribution is 2.27. The summed E-state index contributed by atoms with van der Waals surface area (Å²) in [4.78, 5) is 15.4. The van der Waals surface area contributed by atoms with Crippen molar-refractivity contribution in [2.24, 2.45) is 7.05 Å². The number of aryl methyl sites for hydroxylation is 1. The van der Waals surface area contributed by atoms with Crippen LogP contribution in [0, 0.1) is 0 Å². The first-order valence-corrected chi connectivity index (χ1v) is 10.8. The number of piperazine rings is 1. The van der Waals surface area contributed by atoms with Crippen LogP contribution in [0.2, 0.25) is 0 Å². The van der Waals surface area contributed by atoms with Crippen LogP contribution >= 0.6 is 11.9 Å². The lowest BCUT2D eigenvalue weighted by Gasteiger charge is -2.33. The molecule has 4 rings (SSSR count).